The summed E-state index contributed by atoms with van der Waals surface area (Å²) in [5.41, 5.74) is -1.46. The van der Waals surface area contributed by atoms with Gasteiger partial charge in [-0.05, 0) is 29.3 Å². The van der Waals surface area contributed by atoms with Crippen LogP contribution in [-0.4, -0.2) is 43.6 Å². The van der Waals surface area contributed by atoms with Crippen molar-refractivity contribution >= 4 is 18.7 Å². The number of hydrogen-bond donors (Lipinski definition) is 1. The van der Waals surface area contributed by atoms with Gasteiger partial charge >= 0.3 is 0 Å². The molecule has 1 aliphatic heterocycles. The molecule has 0 aliphatic carbocycles. The largest absolute Gasteiger partial charge is 0.404 e. The highest BCUT2D eigenvalue weighted by Crippen LogP contribution is 2.40. The lowest BCUT2D eigenvalue weighted by atomic mass is 9.93. The first kappa shape index (κ1) is 24.6. The van der Waals surface area contributed by atoms with Gasteiger partial charge in [0.05, 0.1) is 6.61 Å². The maximum Gasteiger partial charge on any atom is 0.261 e. The van der Waals surface area contributed by atoms with Crippen LogP contribution < -0.4 is 10.4 Å². The van der Waals surface area contributed by atoms with Crippen LogP contribution >= 0.6 is 0 Å². The van der Waals surface area contributed by atoms with Crippen molar-refractivity contribution in [1.29, 1.82) is 0 Å². The fraction of sp³-hybridized carbons (Fsp3) is 0.407. The summed E-state index contributed by atoms with van der Waals surface area (Å²) in [6.45, 7) is 18.1. The van der Waals surface area contributed by atoms with Gasteiger partial charge in [-0.3, -0.25) is 0 Å². The van der Waals surface area contributed by atoms with Gasteiger partial charge in [-0.25, -0.2) is 0 Å². The Morgan fingerprint density at radius 2 is 1.47 bits per heavy atom. The minimum Gasteiger partial charge on any atom is -0.404 e. The Morgan fingerprint density at radius 3 is 1.88 bits per heavy atom. The van der Waals surface area contributed by atoms with E-state index < -0.39 is 31.9 Å². The smallest absolute Gasteiger partial charge is 0.261 e. The van der Waals surface area contributed by atoms with Gasteiger partial charge in [0.1, 0.15) is 17.8 Å². The number of ether oxygens (including phenoxy) is 2. The van der Waals surface area contributed by atoms with E-state index in [1.54, 1.807) is 6.08 Å². The molecule has 0 radical (unpaired) electrons. The van der Waals surface area contributed by atoms with Crippen molar-refractivity contribution in [3.05, 3.63) is 86.0 Å². The summed E-state index contributed by atoms with van der Waals surface area (Å²) in [7, 11) is -2.82. The summed E-state index contributed by atoms with van der Waals surface area (Å²) < 4.78 is 19.0. The molecule has 32 heavy (non-hydrogen) atoms. The Kier molecular flexibility index (Phi) is 6.99. The molecule has 2 aromatic carbocycles. The Balaban J connectivity index is 2.07. The van der Waals surface area contributed by atoms with E-state index in [-0.39, 0.29) is 11.6 Å². The molecule has 1 heterocycles. The fourth-order valence-electron chi connectivity index (χ4n) is 4.59. The topological polar surface area (TPSA) is 47.9 Å². The van der Waals surface area contributed by atoms with E-state index in [1.807, 2.05) is 50.2 Å². The van der Waals surface area contributed by atoms with E-state index in [1.165, 1.54) is 6.08 Å². The molecule has 1 N–H and O–H groups in total. The molecule has 0 saturated carbocycles. The Morgan fingerprint density at radius 1 is 0.969 bits per heavy atom. The molecule has 0 bridgehead atoms. The quantitative estimate of drug-likeness (QED) is 0.482. The third-order valence-electron chi connectivity index (χ3n) is 6.14. The summed E-state index contributed by atoms with van der Waals surface area (Å²) in [4.78, 5) is 0. The van der Waals surface area contributed by atoms with E-state index >= 15 is 0 Å². The Hall–Kier alpha value is -2.02. The van der Waals surface area contributed by atoms with Gasteiger partial charge in [0, 0.05) is 0 Å². The molecule has 0 amide bonds. The summed E-state index contributed by atoms with van der Waals surface area (Å²) in [6.07, 6.45) is 2.02. The number of hydrogen-bond acceptors (Lipinski definition) is 4. The highest BCUT2D eigenvalue weighted by atomic mass is 28.4. The lowest BCUT2D eigenvalue weighted by Crippen LogP contribution is -2.68. The van der Waals surface area contributed by atoms with Gasteiger partial charge in [0.15, 0.2) is 5.79 Å². The second kappa shape index (κ2) is 9.08. The zero-order valence-corrected chi connectivity index (χ0v) is 20.9. The number of rotatable bonds is 8. The van der Waals surface area contributed by atoms with Crippen LogP contribution in [0.3, 0.4) is 0 Å². The number of benzene rings is 2. The van der Waals surface area contributed by atoms with E-state index in [4.69, 9.17) is 13.9 Å². The van der Waals surface area contributed by atoms with Gasteiger partial charge < -0.3 is 19.0 Å². The van der Waals surface area contributed by atoms with Gasteiger partial charge in [-0.15, -0.1) is 13.2 Å². The SMILES string of the molecule is C=CC1OC(C)(C)OC1C(O)(C=C)CO[Si](c1ccccc1)(c1ccccc1)C(C)(C)C. The summed E-state index contributed by atoms with van der Waals surface area (Å²) >= 11 is 0. The Labute approximate surface area is 193 Å². The van der Waals surface area contributed by atoms with Crippen LogP contribution in [0.2, 0.25) is 5.04 Å². The molecule has 1 saturated heterocycles. The first-order chi connectivity index (χ1) is 15.0. The zero-order chi connectivity index (χ0) is 23.6. The highest BCUT2D eigenvalue weighted by molar-refractivity contribution is 6.99. The van der Waals surface area contributed by atoms with Crippen LogP contribution in [0.15, 0.2) is 86.0 Å². The van der Waals surface area contributed by atoms with E-state index in [9.17, 15) is 5.11 Å². The predicted octanol–water partition coefficient (Wildman–Crippen LogP) is 4.19. The average Bonchev–Trinajstić information content (AvgIpc) is 3.10. The van der Waals surface area contributed by atoms with Crippen LogP contribution in [0.5, 0.6) is 0 Å². The van der Waals surface area contributed by atoms with E-state index in [2.05, 4.69) is 58.2 Å². The van der Waals surface area contributed by atoms with Crippen LogP contribution in [0.1, 0.15) is 34.6 Å². The average molecular weight is 453 g/mol. The lowest BCUT2D eigenvalue weighted by Gasteiger charge is -2.45. The van der Waals surface area contributed by atoms with Crippen molar-refractivity contribution in [3.63, 3.8) is 0 Å². The maximum absolute atomic E-state index is 11.7. The van der Waals surface area contributed by atoms with Crippen molar-refractivity contribution in [1.82, 2.24) is 0 Å². The van der Waals surface area contributed by atoms with Crippen molar-refractivity contribution < 1.29 is 19.0 Å². The molecule has 3 rings (SSSR count). The molecule has 1 aliphatic rings. The Bertz CT molecular complexity index is 880. The van der Waals surface area contributed by atoms with Crippen LogP contribution in [-0.2, 0) is 13.9 Å². The second-order valence-corrected chi connectivity index (χ2v) is 14.2. The van der Waals surface area contributed by atoms with Crippen LogP contribution in [0, 0.1) is 0 Å². The van der Waals surface area contributed by atoms with Crippen LogP contribution in [0.4, 0.5) is 0 Å². The van der Waals surface area contributed by atoms with Gasteiger partial charge in [0.2, 0.25) is 0 Å². The van der Waals surface area contributed by atoms with Crippen LogP contribution in [0.25, 0.3) is 0 Å². The summed E-state index contributed by atoms with van der Waals surface area (Å²) in [6, 6.07) is 20.7. The van der Waals surface area contributed by atoms with Crippen molar-refractivity contribution in [2.75, 3.05) is 6.61 Å². The second-order valence-electron chi connectivity index (χ2n) is 9.90. The normalized spacial score (nSPS) is 22.8. The monoisotopic (exact) mass is 452 g/mol. The van der Waals surface area contributed by atoms with Crippen molar-refractivity contribution in [2.45, 2.75) is 63.3 Å². The fourth-order valence-corrected chi connectivity index (χ4v) is 9.19. The molecule has 0 aromatic heterocycles. The molecule has 0 spiro atoms. The molecule has 3 atom stereocenters. The standard InChI is InChI=1S/C27H36O4Si/c1-8-23-24(31-26(6,7)30-23)27(28,9-2)20-29-32(25(3,4)5,21-16-12-10-13-17-21)22-18-14-11-15-19-22/h8-19,23-24,28H,1-2,20H2,3-7H3. The summed E-state index contributed by atoms with van der Waals surface area (Å²) in [5.74, 6) is -0.835. The third-order valence-corrected chi connectivity index (χ3v) is 11.1. The van der Waals surface area contributed by atoms with Gasteiger partial charge in [-0.2, -0.15) is 0 Å². The molecular formula is C27H36O4Si. The molecular weight excluding hydrogens is 416 g/mol. The minimum absolute atomic E-state index is 0.0260. The minimum atomic E-state index is -2.82. The molecule has 5 heteroatoms. The number of aliphatic hydroxyl groups is 1. The molecule has 3 unspecified atom stereocenters. The lowest BCUT2D eigenvalue weighted by molar-refractivity contribution is -0.166. The first-order valence-electron chi connectivity index (χ1n) is 11.1. The highest BCUT2D eigenvalue weighted by Gasteiger charge is 2.54. The maximum atomic E-state index is 11.7. The molecule has 1 fully saturated rings. The molecule has 172 valence electrons. The van der Waals surface area contributed by atoms with Gasteiger partial charge in [-0.1, -0.05) is 93.6 Å². The summed E-state index contributed by atoms with van der Waals surface area (Å²) in [5, 5.41) is 13.8. The first-order valence-corrected chi connectivity index (χ1v) is 13.0. The molecule has 2 aromatic rings. The van der Waals surface area contributed by atoms with Gasteiger partial charge in [0.25, 0.3) is 8.32 Å². The predicted molar refractivity (Wildman–Crippen MR) is 133 cm³/mol. The van der Waals surface area contributed by atoms with E-state index in [0.717, 1.165) is 10.4 Å². The molecule has 4 nitrogen and oxygen atoms in total. The van der Waals surface area contributed by atoms with E-state index in [0.29, 0.717) is 0 Å². The third kappa shape index (κ3) is 4.54. The zero-order valence-electron chi connectivity index (χ0n) is 19.9. The van der Waals surface area contributed by atoms with Crippen molar-refractivity contribution in [2.24, 2.45) is 0 Å². The van der Waals surface area contributed by atoms with Crippen molar-refractivity contribution in [3.8, 4) is 0 Å².